The lowest BCUT2D eigenvalue weighted by molar-refractivity contribution is -0.119. The molecule has 0 radical (unpaired) electrons. The number of halogens is 1. The highest BCUT2D eigenvalue weighted by Gasteiger charge is 2.25. The molecule has 1 aliphatic carbocycles. The van der Waals surface area contributed by atoms with Gasteiger partial charge in [0.1, 0.15) is 5.82 Å². The highest BCUT2D eigenvalue weighted by atomic mass is 19.1. The van der Waals surface area contributed by atoms with Gasteiger partial charge in [0, 0.05) is 36.9 Å². The number of nitrogens with one attached hydrogen (secondary N) is 2. The molecule has 2 aromatic rings. The molecule has 0 bridgehead atoms. The largest absolute Gasteiger partial charge is 0.371 e. The minimum atomic E-state index is -0.299. The highest BCUT2D eigenvalue weighted by Crippen LogP contribution is 2.30. The number of anilines is 2. The number of carbonyl (C=O) groups excluding carboxylic acids is 2. The van der Waals surface area contributed by atoms with Crippen LogP contribution < -0.4 is 15.5 Å². The van der Waals surface area contributed by atoms with Crippen LogP contribution in [0.2, 0.25) is 0 Å². The molecule has 170 valence electrons. The van der Waals surface area contributed by atoms with Crippen molar-refractivity contribution in [2.75, 3.05) is 23.3 Å². The van der Waals surface area contributed by atoms with E-state index < -0.39 is 0 Å². The number of hydrogen-bond acceptors (Lipinski definition) is 3. The van der Waals surface area contributed by atoms with Crippen molar-refractivity contribution >= 4 is 23.2 Å². The smallest absolute Gasteiger partial charge is 0.253 e. The van der Waals surface area contributed by atoms with Crippen LogP contribution in [0.25, 0.3) is 0 Å². The van der Waals surface area contributed by atoms with Gasteiger partial charge in [-0.05, 0) is 67.5 Å². The third kappa shape index (κ3) is 5.47. The Bertz CT molecular complexity index is 946. The number of amides is 2. The average Bonchev–Trinajstić information content (AvgIpc) is 3.34. The zero-order valence-electron chi connectivity index (χ0n) is 18.7. The van der Waals surface area contributed by atoms with E-state index in [0.717, 1.165) is 62.9 Å². The quantitative estimate of drug-likeness (QED) is 0.659. The second kappa shape index (κ2) is 10.2. The molecule has 2 N–H and O–H groups in total. The van der Waals surface area contributed by atoms with Gasteiger partial charge in [-0.15, -0.1) is 0 Å². The lowest BCUT2D eigenvalue weighted by Gasteiger charge is -2.33. The summed E-state index contributed by atoms with van der Waals surface area (Å²) in [5.74, 6) is 0.299. The first kappa shape index (κ1) is 22.3. The first-order valence-electron chi connectivity index (χ1n) is 11.7. The van der Waals surface area contributed by atoms with E-state index in [1.165, 1.54) is 12.1 Å². The molecule has 0 aromatic heterocycles. The molecule has 6 heteroatoms. The maximum Gasteiger partial charge on any atom is 0.253 e. The Labute approximate surface area is 189 Å². The molecule has 2 aromatic carbocycles. The fraction of sp³-hybridized carbons (Fsp3) is 0.462. The number of piperidine rings is 1. The van der Waals surface area contributed by atoms with E-state index in [1.807, 2.05) is 12.1 Å². The van der Waals surface area contributed by atoms with Gasteiger partial charge in [0.05, 0.1) is 5.56 Å². The van der Waals surface area contributed by atoms with Crippen LogP contribution in [0.5, 0.6) is 0 Å². The van der Waals surface area contributed by atoms with Gasteiger partial charge in [-0.25, -0.2) is 4.39 Å². The molecule has 2 amide bonds. The maximum atomic E-state index is 13.2. The minimum Gasteiger partial charge on any atom is -0.371 e. The van der Waals surface area contributed by atoms with Crippen molar-refractivity contribution in [3.8, 4) is 0 Å². The van der Waals surface area contributed by atoms with Crippen LogP contribution in [-0.4, -0.2) is 24.9 Å². The SMILES string of the molecule is CC1CCN(c2ccc(NC(=O)C3CCCC3)cc2C(=O)NCc2ccc(F)cc2)CC1. The topological polar surface area (TPSA) is 61.4 Å². The summed E-state index contributed by atoms with van der Waals surface area (Å²) in [6.07, 6.45) is 6.25. The summed E-state index contributed by atoms with van der Waals surface area (Å²) in [4.78, 5) is 28.0. The molecule has 4 rings (SSSR count). The van der Waals surface area contributed by atoms with Crippen molar-refractivity contribution in [2.45, 2.75) is 52.0 Å². The summed E-state index contributed by atoms with van der Waals surface area (Å²) < 4.78 is 13.2. The first-order chi connectivity index (χ1) is 15.5. The monoisotopic (exact) mass is 437 g/mol. The number of nitrogens with zero attached hydrogens (tertiary/aromatic N) is 1. The van der Waals surface area contributed by atoms with Crippen molar-refractivity contribution in [1.29, 1.82) is 0 Å². The lowest BCUT2D eigenvalue weighted by atomic mass is 9.97. The average molecular weight is 438 g/mol. The molecule has 0 atom stereocenters. The van der Waals surface area contributed by atoms with E-state index >= 15 is 0 Å². The van der Waals surface area contributed by atoms with Crippen LogP contribution in [0.1, 0.15) is 61.4 Å². The Kier molecular flexibility index (Phi) is 7.08. The molecular formula is C26H32FN3O2. The lowest BCUT2D eigenvalue weighted by Crippen LogP contribution is -2.35. The van der Waals surface area contributed by atoms with Gasteiger partial charge in [-0.3, -0.25) is 9.59 Å². The highest BCUT2D eigenvalue weighted by molar-refractivity contribution is 6.02. The molecule has 32 heavy (non-hydrogen) atoms. The maximum absolute atomic E-state index is 13.2. The van der Waals surface area contributed by atoms with E-state index in [0.29, 0.717) is 23.7 Å². The summed E-state index contributed by atoms with van der Waals surface area (Å²) in [6, 6.07) is 11.8. The third-order valence-corrected chi connectivity index (χ3v) is 6.73. The van der Waals surface area contributed by atoms with E-state index in [9.17, 15) is 14.0 Å². The van der Waals surface area contributed by atoms with Gasteiger partial charge in [0.15, 0.2) is 0 Å². The van der Waals surface area contributed by atoms with E-state index in [2.05, 4.69) is 22.5 Å². The van der Waals surface area contributed by atoms with Crippen molar-refractivity contribution in [1.82, 2.24) is 5.32 Å². The van der Waals surface area contributed by atoms with E-state index in [4.69, 9.17) is 0 Å². The molecule has 2 fully saturated rings. The van der Waals surface area contributed by atoms with Crippen LogP contribution >= 0.6 is 0 Å². The number of benzene rings is 2. The molecular weight excluding hydrogens is 405 g/mol. The molecule has 5 nitrogen and oxygen atoms in total. The predicted octanol–water partition coefficient (Wildman–Crippen LogP) is 5.12. The molecule has 1 aliphatic heterocycles. The first-order valence-corrected chi connectivity index (χ1v) is 11.7. The summed E-state index contributed by atoms with van der Waals surface area (Å²) in [5, 5.41) is 5.98. The van der Waals surface area contributed by atoms with Crippen molar-refractivity contribution in [3.05, 3.63) is 59.4 Å². The van der Waals surface area contributed by atoms with Gasteiger partial charge in [-0.1, -0.05) is 31.9 Å². The van der Waals surface area contributed by atoms with Gasteiger partial charge in [0.25, 0.3) is 5.91 Å². The minimum absolute atomic E-state index is 0.0414. The fourth-order valence-corrected chi connectivity index (χ4v) is 4.63. The van der Waals surface area contributed by atoms with Crippen LogP contribution in [0.15, 0.2) is 42.5 Å². The molecule has 0 spiro atoms. The Balaban J connectivity index is 1.53. The van der Waals surface area contributed by atoms with E-state index in [-0.39, 0.29) is 23.5 Å². The van der Waals surface area contributed by atoms with Gasteiger partial charge >= 0.3 is 0 Å². The molecule has 1 saturated heterocycles. The Morgan fingerprint density at radius 3 is 2.38 bits per heavy atom. The van der Waals surface area contributed by atoms with Crippen LogP contribution in [0, 0.1) is 17.7 Å². The molecule has 1 heterocycles. The van der Waals surface area contributed by atoms with E-state index in [1.54, 1.807) is 18.2 Å². The second-order valence-corrected chi connectivity index (χ2v) is 9.18. The summed E-state index contributed by atoms with van der Waals surface area (Å²) >= 11 is 0. The molecule has 0 unspecified atom stereocenters. The molecule has 2 aliphatic rings. The van der Waals surface area contributed by atoms with Crippen LogP contribution in [0.3, 0.4) is 0 Å². The Morgan fingerprint density at radius 2 is 1.69 bits per heavy atom. The van der Waals surface area contributed by atoms with Crippen LogP contribution in [0.4, 0.5) is 15.8 Å². The van der Waals surface area contributed by atoms with Crippen molar-refractivity contribution < 1.29 is 14.0 Å². The number of rotatable bonds is 6. The predicted molar refractivity (Wildman–Crippen MR) is 125 cm³/mol. The fourth-order valence-electron chi connectivity index (χ4n) is 4.63. The van der Waals surface area contributed by atoms with Gasteiger partial charge in [-0.2, -0.15) is 0 Å². The van der Waals surface area contributed by atoms with Crippen molar-refractivity contribution in [3.63, 3.8) is 0 Å². The van der Waals surface area contributed by atoms with Crippen LogP contribution in [-0.2, 0) is 11.3 Å². The zero-order valence-corrected chi connectivity index (χ0v) is 18.7. The summed E-state index contributed by atoms with van der Waals surface area (Å²) in [6.45, 7) is 4.39. The summed E-state index contributed by atoms with van der Waals surface area (Å²) in [5.41, 5.74) is 2.94. The third-order valence-electron chi connectivity index (χ3n) is 6.73. The number of hydrogen-bond donors (Lipinski definition) is 2. The molecule has 1 saturated carbocycles. The number of carbonyl (C=O) groups is 2. The normalized spacial score (nSPS) is 17.4. The second-order valence-electron chi connectivity index (χ2n) is 9.18. The standard InChI is InChI=1S/C26H32FN3O2/c1-18-12-14-30(15-13-18)24-11-10-22(29-25(31)20-4-2-3-5-20)16-23(24)26(32)28-17-19-6-8-21(27)9-7-19/h6-11,16,18,20H,2-5,12-15,17H2,1H3,(H,28,32)(H,29,31). The van der Waals surface area contributed by atoms with Gasteiger partial charge in [0.2, 0.25) is 5.91 Å². The van der Waals surface area contributed by atoms with Gasteiger partial charge < -0.3 is 15.5 Å². The summed E-state index contributed by atoms with van der Waals surface area (Å²) in [7, 11) is 0. The Morgan fingerprint density at radius 1 is 1.00 bits per heavy atom. The zero-order chi connectivity index (χ0) is 22.5. The van der Waals surface area contributed by atoms with Crippen molar-refractivity contribution in [2.24, 2.45) is 11.8 Å². The Hall–Kier alpha value is -2.89.